The summed E-state index contributed by atoms with van der Waals surface area (Å²) in [5.74, 6) is -1.35. The van der Waals surface area contributed by atoms with E-state index in [-0.39, 0.29) is 30.5 Å². The average molecular weight is 603 g/mol. The van der Waals surface area contributed by atoms with E-state index in [1.165, 1.54) is 17.2 Å². The number of benzene rings is 3. The molecule has 0 saturated carbocycles. The minimum atomic E-state index is -1.12. The lowest BCUT2D eigenvalue weighted by Crippen LogP contribution is -2.37. The van der Waals surface area contributed by atoms with E-state index in [0.717, 1.165) is 24.0 Å². The molecule has 1 aliphatic heterocycles. The van der Waals surface area contributed by atoms with Crippen molar-refractivity contribution >= 4 is 29.4 Å². The Labute approximate surface area is 254 Å². The molecule has 222 valence electrons. The largest absolute Gasteiger partial charge is 0.488 e. The maximum absolute atomic E-state index is 14.1. The summed E-state index contributed by atoms with van der Waals surface area (Å²) in [5.41, 5.74) is 2.62. The molecule has 1 saturated heterocycles. The minimum absolute atomic E-state index is 0.0726. The predicted octanol–water partition coefficient (Wildman–Crippen LogP) is 5.83. The van der Waals surface area contributed by atoms with Crippen LogP contribution in [0.1, 0.15) is 40.0 Å². The van der Waals surface area contributed by atoms with Crippen LogP contribution in [0.5, 0.6) is 5.75 Å². The third-order valence-electron chi connectivity index (χ3n) is 7.38. The van der Waals surface area contributed by atoms with E-state index in [2.05, 4.69) is 4.98 Å². The van der Waals surface area contributed by atoms with Crippen molar-refractivity contribution in [2.45, 2.75) is 38.3 Å². The Bertz CT molecular complexity index is 1550. The highest BCUT2D eigenvalue weighted by Gasteiger charge is 2.30. The number of hydrogen-bond acceptors (Lipinski definition) is 6. The van der Waals surface area contributed by atoms with Gasteiger partial charge in [-0.25, -0.2) is 14.4 Å². The van der Waals surface area contributed by atoms with Gasteiger partial charge < -0.3 is 19.6 Å². The zero-order valence-electron chi connectivity index (χ0n) is 23.5. The number of aromatic nitrogens is 2. The van der Waals surface area contributed by atoms with Crippen molar-refractivity contribution in [3.63, 3.8) is 0 Å². The number of ether oxygens (including phenoxy) is 1. The van der Waals surface area contributed by atoms with E-state index in [9.17, 15) is 19.1 Å². The summed E-state index contributed by atoms with van der Waals surface area (Å²) >= 11 is 6.01. The Morgan fingerprint density at radius 2 is 1.74 bits per heavy atom. The van der Waals surface area contributed by atoms with Crippen molar-refractivity contribution in [2.24, 2.45) is 0 Å². The SMILES string of the molecule is O=C(O)CN(Cc1ccc(Cl)cc1)C(=O)c1cnc(N2CCC[C@@H]2COc2ccccc2F)nc1CCc1ccccc1. The molecule has 4 aromatic rings. The van der Waals surface area contributed by atoms with Crippen molar-refractivity contribution in [3.8, 4) is 5.75 Å². The van der Waals surface area contributed by atoms with Crippen LogP contribution in [0.4, 0.5) is 10.3 Å². The van der Waals surface area contributed by atoms with E-state index in [1.54, 1.807) is 42.5 Å². The summed E-state index contributed by atoms with van der Waals surface area (Å²) in [4.78, 5) is 38.4. The minimum Gasteiger partial charge on any atom is -0.488 e. The molecule has 5 rings (SSSR count). The number of rotatable bonds is 12. The quantitative estimate of drug-likeness (QED) is 0.218. The molecule has 10 heteroatoms. The Hall–Kier alpha value is -4.50. The van der Waals surface area contributed by atoms with E-state index in [4.69, 9.17) is 21.3 Å². The summed E-state index contributed by atoms with van der Waals surface area (Å²) in [6.07, 6.45) is 4.29. The van der Waals surface area contributed by atoms with E-state index < -0.39 is 24.2 Å². The van der Waals surface area contributed by atoms with Gasteiger partial charge in [0.1, 0.15) is 13.2 Å². The van der Waals surface area contributed by atoms with Crippen LogP contribution < -0.4 is 9.64 Å². The second-order valence-corrected chi connectivity index (χ2v) is 10.9. The number of aliphatic carboxylic acids is 1. The first kappa shape index (κ1) is 30.0. The second kappa shape index (κ2) is 14.1. The Morgan fingerprint density at radius 3 is 2.49 bits per heavy atom. The first-order chi connectivity index (χ1) is 20.9. The van der Waals surface area contributed by atoms with Crippen LogP contribution >= 0.6 is 11.6 Å². The van der Waals surface area contributed by atoms with Gasteiger partial charge in [0.2, 0.25) is 5.95 Å². The summed E-state index contributed by atoms with van der Waals surface area (Å²) in [7, 11) is 0. The summed E-state index contributed by atoms with van der Waals surface area (Å²) in [6, 6.07) is 23.0. The van der Waals surface area contributed by atoms with Crippen LogP contribution in [0.3, 0.4) is 0 Å². The van der Waals surface area contributed by atoms with Gasteiger partial charge in [-0.15, -0.1) is 0 Å². The highest BCUT2D eigenvalue weighted by Crippen LogP contribution is 2.26. The molecule has 43 heavy (non-hydrogen) atoms. The van der Waals surface area contributed by atoms with Crippen LogP contribution in [-0.4, -0.2) is 57.6 Å². The van der Waals surface area contributed by atoms with Crippen molar-refractivity contribution < 1.29 is 23.8 Å². The van der Waals surface area contributed by atoms with Gasteiger partial charge in [-0.1, -0.05) is 66.2 Å². The van der Waals surface area contributed by atoms with Crippen molar-refractivity contribution in [3.05, 3.63) is 118 Å². The van der Waals surface area contributed by atoms with Gasteiger partial charge in [0.05, 0.1) is 17.3 Å². The number of aryl methyl sites for hydroxylation is 2. The topological polar surface area (TPSA) is 95.9 Å². The molecule has 1 N–H and O–H groups in total. The molecule has 0 bridgehead atoms. The van der Waals surface area contributed by atoms with E-state index in [0.29, 0.717) is 36.1 Å². The lowest BCUT2D eigenvalue weighted by atomic mass is 10.0. The lowest BCUT2D eigenvalue weighted by Gasteiger charge is -2.26. The molecule has 8 nitrogen and oxygen atoms in total. The molecule has 1 aliphatic rings. The summed E-state index contributed by atoms with van der Waals surface area (Å²) < 4.78 is 19.9. The van der Waals surface area contributed by atoms with Crippen LogP contribution in [0, 0.1) is 5.82 Å². The molecule has 0 unspecified atom stereocenters. The number of amides is 1. The number of hydrogen-bond donors (Lipinski definition) is 1. The van der Waals surface area contributed by atoms with Gasteiger partial charge in [0.25, 0.3) is 5.91 Å². The number of carboxylic acid groups (broad SMARTS) is 1. The molecule has 1 atom stereocenters. The number of halogens is 2. The Balaban J connectivity index is 1.42. The molecule has 0 spiro atoms. The molecule has 0 aliphatic carbocycles. The molecule has 1 amide bonds. The van der Waals surface area contributed by atoms with Gasteiger partial charge in [-0.2, -0.15) is 0 Å². The first-order valence-corrected chi connectivity index (χ1v) is 14.5. The maximum atomic E-state index is 14.1. The van der Waals surface area contributed by atoms with Crippen molar-refractivity contribution in [2.75, 3.05) is 24.6 Å². The fraction of sp³-hybridized carbons (Fsp3) is 0.273. The number of para-hydroxylation sites is 1. The van der Waals surface area contributed by atoms with Gasteiger partial charge in [0, 0.05) is 24.3 Å². The van der Waals surface area contributed by atoms with Gasteiger partial charge in [0.15, 0.2) is 11.6 Å². The molecule has 1 aromatic heterocycles. The molecular weight excluding hydrogens is 571 g/mol. The fourth-order valence-electron chi connectivity index (χ4n) is 5.18. The van der Waals surface area contributed by atoms with E-state index >= 15 is 0 Å². The number of anilines is 1. The predicted molar refractivity (Wildman–Crippen MR) is 162 cm³/mol. The number of carbonyl (C=O) groups is 2. The zero-order chi connectivity index (χ0) is 30.2. The normalized spacial score (nSPS) is 14.5. The van der Waals surface area contributed by atoms with Crippen LogP contribution in [-0.2, 0) is 24.2 Å². The smallest absolute Gasteiger partial charge is 0.323 e. The van der Waals surface area contributed by atoms with Crippen molar-refractivity contribution in [1.29, 1.82) is 0 Å². The highest BCUT2D eigenvalue weighted by molar-refractivity contribution is 6.30. The molecule has 3 aromatic carbocycles. The van der Waals surface area contributed by atoms with Crippen LogP contribution in [0.25, 0.3) is 0 Å². The third-order valence-corrected chi connectivity index (χ3v) is 7.63. The third kappa shape index (κ3) is 7.87. The van der Waals surface area contributed by atoms with Crippen LogP contribution in [0.2, 0.25) is 5.02 Å². The Morgan fingerprint density at radius 1 is 1.00 bits per heavy atom. The molecule has 2 heterocycles. The lowest BCUT2D eigenvalue weighted by molar-refractivity contribution is -0.137. The number of carbonyl (C=O) groups excluding carboxylic acids is 1. The maximum Gasteiger partial charge on any atom is 0.323 e. The average Bonchev–Trinajstić information content (AvgIpc) is 3.49. The molecule has 1 fully saturated rings. The number of carboxylic acids is 1. The molecule has 0 radical (unpaired) electrons. The van der Waals surface area contributed by atoms with Crippen molar-refractivity contribution in [1.82, 2.24) is 14.9 Å². The highest BCUT2D eigenvalue weighted by atomic mass is 35.5. The van der Waals surface area contributed by atoms with Crippen LogP contribution in [0.15, 0.2) is 85.1 Å². The monoisotopic (exact) mass is 602 g/mol. The summed E-state index contributed by atoms with van der Waals surface area (Å²) in [5, 5.41) is 10.1. The number of nitrogens with zero attached hydrogens (tertiary/aromatic N) is 4. The summed E-state index contributed by atoms with van der Waals surface area (Å²) in [6.45, 7) is 0.558. The zero-order valence-corrected chi connectivity index (χ0v) is 24.3. The van der Waals surface area contributed by atoms with E-state index in [1.807, 2.05) is 35.2 Å². The molecular formula is C33H32ClFN4O4. The standard InChI is InChI=1S/C33H32ClFN4O4/c34-25-15-12-24(13-16-25)20-38(21-31(40)41)32(42)27-19-36-33(37-29(27)17-14-23-7-2-1-3-8-23)39-18-6-9-26(39)22-43-30-11-5-4-10-28(30)35/h1-5,7-8,10-13,15-16,19,26H,6,9,14,17-18,20-22H2,(H,40,41)/t26-/m1/s1. The first-order valence-electron chi connectivity index (χ1n) is 14.2. The van der Waals surface area contributed by atoms with Gasteiger partial charge in [-0.3, -0.25) is 9.59 Å². The fourth-order valence-corrected chi connectivity index (χ4v) is 5.31. The Kier molecular flexibility index (Phi) is 9.84. The van der Waals surface area contributed by atoms with Gasteiger partial charge in [-0.05, 0) is 61.1 Å². The van der Waals surface area contributed by atoms with Gasteiger partial charge >= 0.3 is 5.97 Å². The second-order valence-electron chi connectivity index (χ2n) is 10.4.